The lowest BCUT2D eigenvalue weighted by molar-refractivity contribution is 0.602. The van der Waals surface area contributed by atoms with Crippen LogP contribution in [0.3, 0.4) is 0 Å². The first kappa shape index (κ1) is 10.8. The molecule has 72 valence electrons. The lowest BCUT2D eigenvalue weighted by Gasteiger charge is -1.98. The van der Waals surface area contributed by atoms with Gasteiger partial charge in [-0.15, -0.1) is 0 Å². The van der Waals surface area contributed by atoms with Crippen LogP contribution in [0.15, 0.2) is 11.3 Å². The van der Waals surface area contributed by atoms with Gasteiger partial charge in [0.05, 0.1) is 18.1 Å². The van der Waals surface area contributed by atoms with Crippen LogP contribution in [0.2, 0.25) is 0 Å². The molecule has 1 rings (SSSR count). The zero-order valence-corrected chi connectivity index (χ0v) is 9.41. The van der Waals surface area contributed by atoms with Crippen molar-refractivity contribution >= 4 is 34.8 Å². The molecule has 0 aromatic carbocycles. The average Bonchev–Trinajstić information content (AvgIpc) is 2.18. The normalized spacial score (nSPS) is 9.64. The zero-order chi connectivity index (χ0) is 10.4. The maximum Gasteiger partial charge on any atom is 0.243 e. The summed E-state index contributed by atoms with van der Waals surface area (Å²) in [4.78, 5) is 7.49. The lowest BCUT2D eigenvalue weighted by atomic mass is 10.4. The molecule has 0 radical (unpaired) electrons. The minimum Gasteiger partial charge on any atom is -0.245 e. The van der Waals surface area contributed by atoms with Gasteiger partial charge >= 0.3 is 0 Å². The van der Waals surface area contributed by atoms with Crippen LogP contribution in [-0.4, -0.2) is 16.2 Å². The maximum atomic E-state index is 12.7. The first-order valence-corrected chi connectivity index (χ1v) is 4.69. The van der Waals surface area contributed by atoms with Gasteiger partial charge in [0.15, 0.2) is 5.82 Å². The fourth-order valence-electron chi connectivity index (χ4n) is 0.653. The number of aromatic nitrogens is 2. The first-order valence-electron chi connectivity index (χ1n) is 3.62. The minimum atomic E-state index is -0.438. The molecule has 14 heavy (non-hydrogen) atoms. The van der Waals surface area contributed by atoms with Crippen LogP contribution in [0.5, 0.6) is 0 Å². The Hall–Kier alpha value is -1.23. The Bertz CT molecular complexity index is 408. The van der Waals surface area contributed by atoms with E-state index in [2.05, 4.69) is 30.3 Å². The Kier molecular flexibility index (Phi) is 4.25. The van der Waals surface area contributed by atoms with Crippen molar-refractivity contribution < 1.29 is 4.39 Å². The molecular formula is C8H6FIN4. The number of hydrazone groups is 1. The van der Waals surface area contributed by atoms with Crippen molar-refractivity contribution in [3.63, 3.8) is 0 Å². The molecule has 0 saturated carbocycles. The third-order valence-electron chi connectivity index (χ3n) is 1.27. The quantitative estimate of drug-likeness (QED) is 0.392. The van der Waals surface area contributed by atoms with Gasteiger partial charge < -0.3 is 0 Å². The fraction of sp³-hybridized carbons (Fsp3) is 0.125. The molecule has 0 saturated heterocycles. The number of anilines is 1. The second-order valence-corrected chi connectivity index (χ2v) is 2.78. The van der Waals surface area contributed by atoms with Gasteiger partial charge in [-0.05, 0) is 16.8 Å². The highest BCUT2D eigenvalue weighted by atomic mass is 127. The van der Waals surface area contributed by atoms with E-state index in [4.69, 9.17) is 0 Å². The van der Waals surface area contributed by atoms with Gasteiger partial charge in [0, 0.05) is 22.6 Å². The number of halogens is 2. The predicted octanol–water partition coefficient (Wildman–Crippen LogP) is 1.72. The summed E-state index contributed by atoms with van der Waals surface area (Å²) in [6, 6.07) is 0. The first-order chi connectivity index (χ1) is 6.74. The SMILES string of the molecule is Cc1nc(N/N=C/C#CI)ncc1F. The fourth-order valence-corrected chi connectivity index (χ4v) is 0.792. The average molecular weight is 304 g/mol. The summed E-state index contributed by atoms with van der Waals surface area (Å²) in [7, 11) is 0. The number of hydrogen-bond donors (Lipinski definition) is 1. The van der Waals surface area contributed by atoms with Crippen molar-refractivity contribution in [3.05, 3.63) is 17.7 Å². The maximum absolute atomic E-state index is 12.7. The van der Waals surface area contributed by atoms with E-state index in [1.807, 2.05) is 22.6 Å². The molecule has 0 aliphatic carbocycles. The number of rotatable bonds is 2. The van der Waals surface area contributed by atoms with Gasteiger partial charge in [0.25, 0.3) is 0 Å². The topological polar surface area (TPSA) is 50.2 Å². The van der Waals surface area contributed by atoms with Crippen molar-refractivity contribution in [1.82, 2.24) is 9.97 Å². The van der Waals surface area contributed by atoms with Crippen LogP contribution in [0.4, 0.5) is 10.3 Å². The molecule has 0 aliphatic heterocycles. The van der Waals surface area contributed by atoms with Crippen LogP contribution in [0, 0.1) is 22.6 Å². The van der Waals surface area contributed by atoms with Crippen LogP contribution in [0.1, 0.15) is 5.69 Å². The summed E-state index contributed by atoms with van der Waals surface area (Å²) in [5.74, 6) is 2.40. The summed E-state index contributed by atoms with van der Waals surface area (Å²) >= 11 is 1.89. The molecule has 1 aromatic heterocycles. The number of nitrogens with one attached hydrogen (secondary N) is 1. The highest BCUT2D eigenvalue weighted by Crippen LogP contribution is 2.03. The molecule has 0 amide bonds. The summed E-state index contributed by atoms with van der Waals surface area (Å²) < 4.78 is 15.3. The van der Waals surface area contributed by atoms with E-state index in [0.29, 0.717) is 0 Å². The summed E-state index contributed by atoms with van der Waals surface area (Å²) in [6.07, 6.45) is 2.46. The molecule has 0 atom stereocenters. The van der Waals surface area contributed by atoms with Crippen molar-refractivity contribution in [2.24, 2.45) is 5.10 Å². The second kappa shape index (κ2) is 5.49. The summed E-state index contributed by atoms with van der Waals surface area (Å²) in [5, 5.41) is 3.70. The molecule has 4 nitrogen and oxygen atoms in total. The van der Waals surface area contributed by atoms with Gasteiger partial charge in [-0.3, -0.25) is 0 Å². The Labute approximate surface area is 94.2 Å². The van der Waals surface area contributed by atoms with Gasteiger partial charge in [-0.2, -0.15) is 5.10 Å². The summed E-state index contributed by atoms with van der Waals surface area (Å²) in [5.41, 5.74) is 2.80. The Morgan fingerprint density at radius 3 is 3.14 bits per heavy atom. The summed E-state index contributed by atoms with van der Waals surface area (Å²) in [6.45, 7) is 1.55. The van der Waals surface area contributed by atoms with Crippen molar-refractivity contribution in [2.75, 3.05) is 5.43 Å². The third kappa shape index (κ3) is 3.26. The number of aryl methyl sites for hydroxylation is 1. The van der Waals surface area contributed by atoms with E-state index < -0.39 is 5.82 Å². The zero-order valence-electron chi connectivity index (χ0n) is 7.25. The van der Waals surface area contributed by atoms with Gasteiger partial charge in [0.2, 0.25) is 5.95 Å². The van der Waals surface area contributed by atoms with Crippen molar-refractivity contribution in [3.8, 4) is 9.85 Å². The van der Waals surface area contributed by atoms with Crippen LogP contribution in [0.25, 0.3) is 0 Å². The van der Waals surface area contributed by atoms with Crippen LogP contribution >= 0.6 is 22.6 Å². The molecule has 0 aliphatic rings. The molecule has 0 fully saturated rings. The van der Waals surface area contributed by atoms with E-state index in [1.165, 1.54) is 6.21 Å². The lowest BCUT2D eigenvalue weighted by Crippen LogP contribution is -1.99. The highest BCUT2D eigenvalue weighted by Gasteiger charge is 1.99. The largest absolute Gasteiger partial charge is 0.245 e. The predicted molar refractivity (Wildman–Crippen MR) is 60.6 cm³/mol. The Morgan fingerprint density at radius 1 is 1.71 bits per heavy atom. The van der Waals surface area contributed by atoms with Crippen LogP contribution < -0.4 is 5.43 Å². The Balaban J connectivity index is 2.67. The molecular weight excluding hydrogens is 298 g/mol. The number of hydrogen-bond acceptors (Lipinski definition) is 4. The minimum absolute atomic E-state index is 0.246. The molecule has 6 heteroatoms. The molecule has 1 heterocycles. The molecule has 1 N–H and O–H groups in total. The van der Waals surface area contributed by atoms with Gasteiger partial charge in [-0.25, -0.2) is 19.8 Å². The standard InChI is InChI=1S/C8H6FIN4/c1-6-7(9)5-11-8(13-6)14-12-4-2-3-10/h4-5H,1H3,(H,11,13,14)/b12-4+. The smallest absolute Gasteiger partial charge is 0.243 e. The molecule has 0 bridgehead atoms. The molecule has 1 aromatic rings. The van der Waals surface area contributed by atoms with Gasteiger partial charge in [0.1, 0.15) is 0 Å². The van der Waals surface area contributed by atoms with Crippen molar-refractivity contribution in [2.45, 2.75) is 6.92 Å². The van der Waals surface area contributed by atoms with Crippen molar-refractivity contribution in [1.29, 1.82) is 0 Å². The highest BCUT2D eigenvalue weighted by molar-refractivity contribution is 14.1. The monoisotopic (exact) mass is 304 g/mol. The number of nitrogens with zero attached hydrogens (tertiary/aromatic N) is 3. The van der Waals surface area contributed by atoms with E-state index in [9.17, 15) is 4.39 Å². The van der Waals surface area contributed by atoms with E-state index in [-0.39, 0.29) is 11.6 Å². The van der Waals surface area contributed by atoms with E-state index in [0.717, 1.165) is 6.20 Å². The Morgan fingerprint density at radius 2 is 2.50 bits per heavy atom. The molecule has 0 unspecified atom stereocenters. The second-order valence-electron chi connectivity index (χ2n) is 2.24. The third-order valence-corrected chi connectivity index (χ3v) is 1.58. The molecule has 0 spiro atoms. The van der Waals surface area contributed by atoms with Gasteiger partial charge in [-0.1, -0.05) is 0 Å². The van der Waals surface area contributed by atoms with E-state index in [1.54, 1.807) is 6.92 Å². The van der Waals surface area contributed by atoms with Crippen LogP contribution in [-0.2, 0) is 0 Å². The van der Waals surface area contributed by atoms with E-state index >= 15 is 0 Å².